The molecule has 0 saturated heterocycles. The lowest BCUT2D eigenvalue weighted by molar-refractivity contribution is 1.47. The first-order valence-corrected chi connectivity index (χ1v) is 1.93. The summed E-state index contributed by atoms with van der Waals surface area (Å²) in [4.78, 5) is 3.57. The van der Waals surface area contributed by atoms with Crippen molar-refractivity contribution in [3.63, 3.8) is 0 Å². The monoisotopic (exact) mass is 103 g/mol. The van der Waals surface area contributed by atoms with E-state index in [-0.39, 0.29) is 0 Å². The number of rotatable bonds is 1. The Morgan fingerprint density at radius 3 is 2.50 bits per heavy atom. The van der Waals surface area contributed by atoms with Crippen LogP contribution in [0.2, 0.25) is 0 Å². The minimum atomic E-state index is 0.454. The predicted molar refractivity (Wildman–Crippen MR) is 29.4 cm³/mol. The Labute approximate surface area is 42.3 Å². The van der Waals surface area contributed by atoms with E-state index in [1.54, 1.807) is 7.05 Å². The van der Waals surface area contributed by atoms with E-state index in [2.05, 4.69) is 11.6 Å². The zero-order valence-corrected chi connectivity index (χ0v) is 4.37. The first-order chi connectivity index (χ1) is 2.81. The Hall–Kier alpha value is -0.300. The van der Waals surface area contributed by atoms with Gasteiger partial charge in [0, 0.05) is 7.05 Å². The minimum Gasteiger partial charge on any atom is -0.277 e. The molecule has 0 fully saturated rings. The highest BCUT2D eigenvalue weighted by molar-refractivity contribution is 6.68. The van der Waals surface area contributed by atoms with Gasteiger partial charge in [0.1, 0.15) is 5.17 Å². The van der Waals surface area contributed by atoms with Gasteiger partial charge in [0.25, 0.3) is 0 Å². The molecule has 0 atom stereocenters. The van der Waals surface area contributed by atoms with Crippen molar-refractivity contribution in [3.05, 3.63) is 12.7 Å². The molecular formula is C4H6ClN. The molecule has 6 heavy (non-hydrogen) atoms. The van der Waals surface area contributed by atoms with E-state index in [9.17, 15) is 0 Å². The maximum absolute atomic E-state index is 5.28. The predicted octanol–water partition coefficient (Wildman–Crippen LogP) is 1.44. The van der Waals surface area contributed by atoms with Gasteiger partial charge in [-0.05, 0) is 6.08 Å². The topological polar surface area (TPSA) is 12.4 Å². The fraction of sp³-hybridized carbons (Fsp3) is 0.250. The molecule has 0 heterocycles. The fourth-order valence-corrected chi connectivity index (χ4v) is 0.0913. The highest BCUT2D eigenvalue weighted by Crippen LogP contribution is 1.81. The van der Waals surface area contributed by atoms with Crippen molar-refractivity contribution in [3.8, 4) is 0 Å². The first-order valence-electron chi connectivity index (χ1n) is 1.56. The van der Waals surface area contributed by atoms with Crippen LogP contribution in [0.25, 0.3) is 0 Å². The highest BCUT2D eigenvalue weighted by Gasteiger charge is 1.72. The van der Waals surface area contributed by atoms with E-state index < -0.39 is 0 Å². The van der Waals surface area contributed by atoms with E-state index in [4.69, 9.17) is 11.6 Å². The molecular weight excluding hydrogens is 97.5 g/mol. The van der Waals surface area contributed by atoms with Gasteiger partial charge in [-0.1, -0.05) is 18.2 Å². The minimum absolute atomic E-state index is 0.454. The standard InChI is InChI=1S/C4H6ClN/c1-3-4(5)6-2/h3H,1H2,2H3/b6-4+. The number of halogens is 1. The van der Waals surface area contributed by atoms with E-state index in [1.165, 1.54) is 6.08 Å². The summed E-state index contributed by atoms with van der Waals surface area (Å²) in [5.41, 5.74) is 0. The summed E-state index contributed by atoms with van der Waals surface area (Å²) in [7, 11) is 1.62. The second-order valence-corrected chi connectivity index (χ2v) is 1.14. The summed E-state index contributed by atoms with van der Waals surface area (Å²) in [5.74, 6) is 0. The molecule has 0 bridgehead atoms. The largest absolute Gasteiger partial charge is 0.277 e. The first kappa shape index (κ1) is 5.70. The Morgan fingerprint density at radius 2 is 2.50 bits per heavy atom. The van der Waals surface area contributed by atoms with E-state index >= 15 is 0 Å². The zero-order valence-electron chi connectivity index (χ0n) is 3.61. The number of nitrogens with zero attached hydrogens (tertiary/aromatic N) is 1. The molecule has 1 nitrogen and oxygen atoms in total. The van der Waals surface area contributed by atoms with Crippen LogP contribution in [-0.2, 0) is 0 Å². The van der Waals surface area contributed by atoms with Gasteiger partial charge in [0.15, 0.2) is 0 Å². The number of hydrogen-bond acceptors (Lipinski definition) is 1. The third-order valence-electron chi connectivity index (χ3n) is 0.382. The van der Waals surface area contributed by atoms with Crippen molar-refractivity contribution in [1.82, 2.24) is 0 Å². The third-order valence-corrected chi connectivity index (χ3v) is 0.705. The van der Waals surface area contributed by atoms with Crippen molar-refractivity contribution >= 4 is 16.8 Å². The van der Waals surface area contributed by atoms with Gasteiger partial charge in [-0.25, -0.2) is 0 Å². The normalized spacial score (nSPS) is 11.3. The van der Waals surface area contributed by atoms with Crippen molar-refractivity contribution in [2.75, 3.05) is 7.05 Å². The molecule has 0 aliphatic heterocycles. The molecule has 0 aliphatic rings. The maximum atomic E-state index is 5.28. The summed E-state index contributed by atoms with van der Waals surface area (Å²) < 4.78 is 0. The van der Waals surface area contributed by atoms with Crippen molar-refractivity contribution in [2.24, 2.45) is 4.99 Å². The molecule has 0 radical (unpaired) electrons. The highest BCUT2D eigenvalue weighted by atomic mass is 35.5. The molecule has 34 valence electrons. The molecule has 0 N–H and O–H groups in total. The summed E-state index contributed by atoms with van der Waals surface area (Å²) in [6.07, 6.45) is 1.49. The van der Waals surface area contributed by atoms with Crippen LogP contribution in [0.3, 0.4) is 0 Å². The molecule has 0 rings (SSSR count). The molecule has 0 aromatic carbocycles. The van der Waals surface area contributed by atoms with Gasteiger partial charge < -0.3 is 0 Å². The number of hydrogen-bond donors (Lipinski definition) is 0. The Morgan fingerprint density at radius 1 is 2.00 bits per heavy atom. The second kappa shape index (κ2) is 2.91. The van der Waals surface area contributed by atoms with Gasteiger partial charge in [-0.15, -0.1) is 0 Å². The summed E-state index contributed by atoms with van der Waals surface area (Å²) in [6, 6.07) is 0. The average Bonchev–Trinajstić information content (AvgIpc) is 1.65. The number of aliphatic imine (C=N–C) groups is 1. The zero-order chi connectivity index (χ0) is 4.99. The van der Waals surface area contributed by atoms with E-state index in [0.29, 0.717) is 5.17 Å². The molecule has 0 aliphatic carbocycles. The van der Waals surface area contributed by atoms with E-state index in [1.807, 2.05) is 0 Å². The van der Waals surface area contributed by atoms with Crippen molar-refractivity contribution in [2.45, 2.75) is 0 Å². The van der Waals surface area contributed by atoms with Crippen LogP contribution in [0.1, 0.15) is 0 Å². The molecule has 0 unspecified atom stereocenters. The van der Waals surface area contributed by atoms with Crippen molar-refractivity contribution < 1.29 is 0 Å². The Balaban J connectivity index is 3.50. The average molecular weight is 104 g/mol. The molecule has 0 spiro atoms. The summed E-state index contributed by atoms with van der Waals surface area (Å²) in [6.45, 7) is 3.37. The van der Waals surface area contributed by atoms with Crippen LogP contribution >= 0.6 is 11.6 Å². The smallest absolute Gasteiger partial charge is 0.122 e. The van der Waals surface area contributed by atoms with Crippen LogP contribution in [0.4, 0.5) is 0 Å². The quantitative estimate of drug-likeness (QED) is 0.446. The van der Waals surface area contributed by atoms with E-state index in [0.717, 1.165) is 0 Å². The van der Waals surface area contributed by atoms with Gasteiger partial charge in [0.05, 0.1) is 0 Å². The van der Waals surface area contributed by atoms with Crippen LogP contribution in [-0.4, -0.2) is 12.2 Å². The third kappa shape index (κ3) is 1.97. The van der Waals surface area contributed by atoms with Crippen LogP contribution in [0.15, 0.2) is 17.6 Å². The lowest BCUT2D eigenvalue weighted by Gasteiger charge is -1.74. The van der Waals surface area contributed by atoms with Gasteiger partial charge >= 0.3 is 0 Å². The molecule has 2 heteroatoms. The lowest BCUT2D eigenvalue weighted by atomic mass is 10.7. The lowest BCUT2D eigenvalue weighted by Crippen LogP contribution is -1.72. The van der Waals surface area contributed by atoms with Crippen LogP contribution < -0.4 is 0 Å². The fourth-order valence-electron chi connectivity index (χ4n) is 0.0913. The number of allylic oxidation sites excluding steroid dienone is 1. The maximum Gasteiger partial charge on any atom is 0.122 e. The molecule has 0 aromatic heterocycles. The molecule has 0 aromatic rings. The SMILES string of the molecule is C=C/C(Cl)=N\C. The second-order valence-electron chi connectivity index (χ2n) is 0.750. The van der Waals surface area contributed by atoms with Gasteiger partial charge in [0.2, 0.25) is 0 Å². The van der Waals surface area contributed by atoms with Gasteiger partial charge in [-0.2, -0.15) is 0 Å². The van der Waals surface area contributed by atoms with Crippen molar-refractivity contribution in [1.29, 1.82) is 0 Å². The summed E-state index contributed by atoms with van der Waals surface area (Å²) in [5, 5.41) is 0.454. The van der Waals surface area contributed by atoms with Crippen LogP contribution in [0.5, 0.6) is 0 Å². The summed E-state index contributed by atoms with van der Waals surface area (Å²) >= 11 is 5.28. The van der Waals surface area contributed by atoms with Gasteiger partial charge in [-0.3, -0.25) is 4.99 Å². The molecule has 0 amide bonds. The Kier molecular flexibility index (Phi) is 2.77. The Bertz CT molecular complexity index is 75.6. The molecule has 0 saturated carbocycles. The van der Waals surface area contributed by atoms with Crippen LogP contribution in [0, 0.1) is 0 Å².